The molecule has 6 aromatic carbocycles. The molecule has 1 heterocycles. The van der Waals surface area contributed by atoms with Gasteiger partial charge in [0, 0.05) is 28.6 Å². The van der Waals surface area contributed by atoms with Gasteiger partial charge in [0.1, 0.15) is 0 Å². The predicted molar refractivity (Wildman–Crippen MR) is 297 cm³/mol. The van der Waals surface area contributed by atoms with Crippen molar-refractivity contribution in [3.05, 3.63) is 215 Å². The Morgan fingerprint density at radius 1 is 0.366 bits per heavy atom. The maximum absolute atomic E-state index is 12.8. The zero-order chi connectivity index (χ0) is 58.7. The van der Waals surface area contributed by atoms with Crippen LogP contribution < -0.4 is 16.0 Å². The van der Waals surface area contributed by atoms with E-state index >= 15 is 0 Å². The molecule has 1 aliphatic heterocycles. The highest BCUT2D eigenvalue weighted by Gasteiger charge is 2.49. The van der Waals surface area contributed by atoms with E-state index in [1.807, 2.05) is 156 Å². The van der Waals surface area contributed by atoms with Crippen LogP contribution in [-0.4, -0.2) is 99.5 Å². The third kappa shape index (κ3) is 15.5. The second-order valence-electron chi connectivity index (χ2n) is 20.7. The van der Waals surface area contributed by atoms with Gasteiger partial charge in [0.05, 0.1) is 33.9 Å². The van der Waals surface area contributed by atoms with E-state index in [9.17, 15) is 64.1 Å². The summed E-state index contributed by atoms with van der Waals surface area (Å²) >= 11 is 3.16. The molecular weight excluding hydrogens is 1120 g/mol. The van der Waals surface area contributed by atoms with E-state index in [1.165, 1.54) is 11.8 Å². The van der Waals surface area contributed by atoms with Gasteiger partial charge in [-0.1, -0.05) is 182 Å². The minimum atomic E-state index is -4.93. The van der Waals surface area contributed by atoms with Gasteiger partial charge in [-0.25, -0.2) is 0 Å². The molecule has 436 valence electrons. The molecule has 0 unspecified atom stereocenters. The molecule has 0 spiro atoms. The van der Waals surface area contributed by atoms with E-state index in [0.29, 0.717) is 38.5 Å². The number of aliphatic hydroxyl groups excluding tert-OH is 2. The largest absolute Gasteiger partial charge is 0.471 e. The Morgan fingerprint density at radius 2 is 0.659 bits per heavy atom. The predicted octanol–water partition coefficient (Wildman–Crippen LogP) is 12.3. The highest BCUT2D eigenvalue weighted by molar-refractivity contribution is 8.01. The number of carbonyl (C=O) groups excluding carboxylic acids is 3. The van der Waals surface area contributed by atoms with Crippen molar-refractivity contribution in [2.24, 2.45) is 0 Å². The molecule has 0 bridgehead atoms. The van der Waals surface area contributed by atoms with Gasteiger partial charge in [-0.15, -0.1) is 23.5 Å². The number of aliphatic hydroxyl groups is 2. The first kappa shape index (κ1) is 61.7. The maximum Gasteiger partial charge on any atom is 0.471 e. The van der Waals surface area contributed by atoms with Crippen molar-refractivity contribution in [1.29, 1.82) is 0 Å². The monoisotopic (exact) mass is 1180 g/mol. The fourth-order valence-electron chi connectivity index (χ4n) is 11.0. The Balaban J connectivity index is 0.000000174. The number of hydrogen-bond donors (Lipinski definition) is 5. The molecule has 1 saturated heterocycles. The van der Waals surface area contributed by atoms with Crippen LogP contribution in [0.25, 0.3) is 0 Å². The molecule has 3 amide bonds. The summed E-state index contributed by atoms with van der Waals surface area (Å²) in [7, 11) is 0. The molecule has 0 radical (unpaired) electrons. The zero-order valence-corrected chi connectivity index (χ0v) is 45.8. The Kier molecular flexibility index (Phi) is 20.3. The van der Waals surface area contributed by atoms with Crippen molar-refractivity contribution < 1.29 is 68.8 Å². The number of thioether (sulfide) groups is 2. The third-order valence-electron chi connectivity index (χ3n) is 15.0. The first-order valence-electron chi connectivity index (χ1n) is 26.9. The van der Waals surface area contributed by atoms with E-state index in [-0.39, 0.29) is 36.3 Å². The summed E-state index contributed by atoms with van der Waals surface area (Å²) in [5.74, 6) is -5.73. The van der Waals surface area contributed by atoms with Gasteiger partial charge < -0.3 is 30.9 Å². The van der Waals surface area contributed by atoms with E-state index in [1.54, 1.807) is 11.8 Å². The number of fused-ring (bicyclic) bond motifs is 1. The van der Waals surface area contributed by atoms with Gasteiger partial charge in [-0.3, -0.25) is 14.4 Å². The Labute approximate surface area is 478 Å². The number of ether oxygens (including phenoxy) is 1. The number of amides is 3. The summed E-state index contributed by atoms with van der Waals surface area (Å²) in [5, 5.41) is 27.4. The second kappa shape index (κ2) is 26.9. The number of nitrogens with one attached hydrogen (secondary N) is 3. The lowest BCUT2D eigenvalue weighted by molar-refractivity contribution is -0.174. The molecule has 4 fully saturated rings. The Hall–Kier alpha value is -6.32. The van der Waals surface area contributed by atoms with Gasteiger partial charge in [0.15, 0.2) is 0 Å². The van der Waals surface area contributed by atoms with Crippen LogP contribution in [0.1, 0.15) is 91.2 Å². The summed E-state index contributed by atoms with van der Waals surface area (Å²) in [6.07, 6.45) is -12.3. The van der Waals surface area contributed by atoms with Crippen molar-refractivity contribution in [2.45, 2.75) is 139 Å². The molecule has 4 aliphatic rings. The minimum Gasteiger partial charge on any atom is -0.392 e. The molecule has 9 atom stereocenters. The van der Waals surface area contributed by atoms with E-state index in [2.05, 4.69) is 41.7 Å². The maximum atomic E-state index is 12.8. The quantitative estimate of drug-likeness (QED) is 0.0438. The first-order chi connectivity index (χ1) is 39.1. The fourth-order valence-corrected chi connectivity index (χ4v) is 14.7. The van der Waals surface area contributed by atoms with Crippen molar-refractivity contribution >= 4 is 41.2 Å². The number of alkyl halides is 9. The molecule has 6 aromatic rings. The highest BCUT2D eigenvalue weighted by Crippen LogP contribution is 2.54. The number of carbonyl (C=O) groups is 3. The van der Waals surface area contributed by atoms with Crippen molar-refractivity contribution in [3.63, 3.8) is 0 Å². The zero-order valence-electron chi connectivity index (χ0n) is 44.1. The lowest BCUT2D eigenvalue weighted by atomic mass is 9.84. The normalized spacial score (nSPS) is 23.7. The SMILES string of the molecule is O=C(N[C@@H]1CC[C@@H](SC(c2ccccc2)(c2ccccc2)c2ccccc2)[C@H](O)C1)C(F)(F)F.O=C(N[C@@H]1CC[C@@H]2O[C@@H]2C1)C(F)(F)F.O=C(N[C@@H]1CC[C@H](O)[C@@H](SC(c2ccccc2)(c2ccccc2)c2ccccc2)C1)C(F)(F)F. The highest BCUT2D eigenvalue weighted by atomic mass is 32.2. The molecule has 3 saturated carbocycles. The molecule has 10 rings (SSSR count). The van der Waals surface area contributed by atoms with Crippen LogP contribution in [0.3, 0.4) is 0 Å². The minimum absolute atomic E-state index is 0.0716. The summed E-state index contributed by atoms with van der Waals surface area (Å²) in [5.41, 5.74) is 6.18. The van der Waals surface area contributed by atoms with E-state index < -0.39 is 75.3 Å². The standard InChI is InChI=1S/2C27H26F3NO2S.C8H10F3NO2/c28-27(29,30)25(33)31-22-16-17-24(23(32)18-22)34-26(19-10-4-1-5-11-19,20-12-6-2-7-13-20)21-14-8-3-9-15-21;28-27(29,30)25(33)31-22-16-17-23(32)24(18-22)34-26(19-10-4-1-5-11-19,20-12-6-2-7-13-20)21-14-8-3-9-15-21;9-8(10,11)7(13)12-4-1-2-5-6(3-4)14-5/h2*1-15,22-24,32H,16-18H2,(H,31,33);4-6H,1-3H2,(H,12,13)/t22-,23-,24-;22-,23+,24+;4-,5+,6-/m111/s1. The van der Waals surface area contributed by atoms with Crippen LogP contribution >= 0.6 is 23.5 Å². The molecule has 0 aromatic heterocycles. The average Bonchev–Trinajstić information content (AvgIpc) is 4.35. The number of halogens is 9. The lowest BCUT2D eigenvalue weighted by Gasteiger charge is -2.42. The van der Waals surface area contributed by atoms with E-state index in [4.69, 9.17) is 4.74 Å². The van der Waals surface area contributed by atoms with Crippen LogP contribution in [0.5, 0.6) is 0 Å². The summed E-state index contributed by atoms with van der Waals surface area (Å²) in [6, 6.07) is 58.2. The van der Waals surface area contributed by atoms with Crippen LogP contribution in [0.15, 0.2) is 182 Å². The van der Waals surface area contributed by atoms with Crippen molar-refractivity contribution in [2.75, 3.05) is 0 Å². The van der Waals surface area contributed by atoms with Gasteiger partial charge >= 0.3 is 36.3 Å². The molecule has 9 nitrogen and oxygen atoms in total. The number of rotatable bonds is 13. The van der Waals surface area contributed by atoms with E-state index in [0.717, 1.165) is 39.8 Å². The van der Waals surface area contributed by atoms with Gasteiger partial charge in [-0.05, 0) is 91.2 Å². The molecule has 82 heavy (non-hydrogen) atoms. The van der Waals surface area contributed by atoms with Crippen LogP contribution in [-0.2, 0) is 28.6 Å². The van der Waals surface area contributed by atoms with Crippen LogP contribution in [0, 0.1) is 0 Å². The lowest BCUT2D eigenvalue weighted by Crippen LogP contribution is -2.48. The second-order valence-corrected chi connectivity index (χ2v) is 23.6. The van der Waals surface area contributed by atoms with Gasteiger partial charge in [0.2, 0.25) is 0 Å². The number of hydrogen-bond acceptors (Lipinski definition) is 8. The summed E-state index contributed by atoms with van der Waals surface area (Å²) in [6.45, 7) is 0. The summed E-state index contributed by atoms with van der Waals surface area (Å²) in [4.78, 5) is 33.5. The Morgan fingerprint density at radius 3 is 0.976 bits per heavy atom. The van der Waals surface area contributed by atoms with Crippen LogP contribution in [0.4, 0.5) is 39.5 Å². The average molecular weight is 1180 g/mol. The number of benzene rings is 6. The van der Waals surface area contributed by atoms with Crippen molar-refractivity contribution in [1.82, 2.24) is 16.0 Å². The van der Waals surface area contributed by atoms with Crippen LogP contribution in [0.2, 0.25) is 0 Å². The Bertz CT molecular complexity index is 2790. The fraction of sp³-hybridized carbons (Fsp3) is 0.371. The smallest absolute Gasteiger partial charge is 0.392 e. The topological polar surface area (TPSA) is 140 Å². The molecular formula is C62H62F9N3O6S2. The third-order valence-corrected chi connectivity index (χ3v) is 18.8. The van der Waals surface area contributed by atoms with Gasteiger partial charge in [0.25, 0.3) is 0 Å². The first-order valence-corrected chi connectivity index (χ1v) is 28.7. The summed E-state index contributed by atoms with van der Waals surface area (Å²) < 4.78 is 116. The molecule has 3 aliphatic carbocycles. The molecule has 20 heteroatoms. The van der Waals surface area contributed by atoms with Crippen molar-refractivity contribution in [3.8, 4) is 0 Å². The number of epoxide rings is 1. The molecule has 5 N–H and O–H groups in total. The van der Waals surface area contributed by atoms with Gasteiger partial charge in [-0.2, -0.15) is 39.5 Å².